The number of nitrogens with two attached hydrogens (primary N) is 1. The molecule has 1 aromatic rings. The van der Waals surface area contributed by atoms with Gasteiger partial charge < -0.3 is 10.8 Å². The Morgan fingerprint density at radius 1 is 1.45 bits per heavy atom. The third-order valence-electron chi connectivity index (χ3n) is 1.51. The van der Waals surface area contributed by atoms with E-state index in [0.29, 0.717) is 6.54 Å². The molecule has 0 spiro atoms. The highest BCUT2D eigenvalue weighted by Crippen LogP contribution is 2.05. The molecule has 59 valence electrons. The molecular formula is C9H12NO. The molecule has 1 radical (unpaired) electrons. The number of hydrogen-bond donors (Lipinski definition) is 2. The van der Waals surface area contributed by atoms with Crippen LogP contribution in [0.25, 0.3) is 0 Å². The van der Waals surface area contributed by atoms with Crippen LogP contribution in [0.1, 0.15) is 11.1 Å². The van der Waals surface area contributed by atoms with Crippen LogP contribution >= 0.6 is 0 Å². The molecule has 0 aliphatic rings. The molecule has 0 aromatic heterocycles. The van der Waals surface area contributed by atoms with Crippen LogP contribution in [0, 0.1) is 6.42 Å². The molecule has 2 nitrogen and oxygen atoms in total. The van der Waals surface area contributed by atoms with Crippen molar-refractivity contribution in [1.29, 1.82) is 0 Å². The van der Waals surface area contributed by atoms with Crippen molar-refractivity contribution in [2.24, 2.45) is 5.73 Å². The summed E-state index contributed by atoms with van der Waals surface area (Å²) in [5, 5.41) is 8.60. The summed E-state index contributed by atoms with van der Waals surface area (Å²) in [5.41, 5.74) is 7.55. The van der Waals surface area contributed by atoms with Crippen LogP contribution in [0.5, 0.6) is 0 Å². The van der Waals surface area contributed by atoms with Gasteiger partial charge in [-0.3, -0.25) is 0 Å². The highest BCUT2D eigenvalue weighted by atomic mass is 16.2. The van der Waals surface area contributed by atoms with Gasteiger partial charge in [-0.1, -0.05) is 24.3 Å². The molecule has 0 aliphatic carbocycles. The molecule has 11 heavy (non-hydrogen) atoms. The third kappa shape index (κ3) is 2.33. The number of hydrogen-bond acceptors (Lipinski definition) is 2. The molecule has 0 bridgehead atoms. The van der Waals surface area contributed by atoms with Gasteiger partial charge in [0.05, 0.1) is 6.61 Å². The first kappa shape index (κ1) is 8.24. The van der Waals surface area contributed by atoms with Crippen molar-refractivity contribution in [3.8, 4) is 0 Å². The Morgan fingerprint density at radius 3 is 2.91 bits per heavy atom. The summed E-state index contributed by atoms with van der Waals surface area (Å²) in [6.07, 6.45) is 1.75. The average Bonchev–Trinajstić information content (AvgIpc) is 2.06. The number of rotatable bonds is 3. The van der Waals surface area contributed by atoms with Crippen molar-refractivity contribution in [2.45, 2.75) is 6.54 Å². The zero-order valence-electron chi connectivity index (χ0n) is 6.33. The molecule has 0 unspecified atom stereocenters. The van der Waals surface area contributed by atoms with Gasteiger partial charge in [0.2, 0.25) is 0 Å². The van der Waals surface area contributed by atoms with E-state index in [4.69, 9.17) is 10.8 Å². The molecule has 0 fully saturated rings. The van der Waals surface area contributed by atoms with Gasteiger partial charge in [0.25, 0.3) is 0 Å². The minimum absolute atomic E-state index is 0.0774. The van der Waals surface area contributed by atoms with Crippen LogP contribution < -0.4 is 5.73 Å². The normalized spacial score (nSPS) is 10.0. The van der Waals surface area contributed by atoms with Crippen molar-refractivity contribution >= 4 is 0 Å². The van der Waals surface area contributed by atoms with Crippen LogP contribution in [-0.4, -0.2) is 11.7 Å². The molecule has 0 atom stereocenters. The largest absolute Gasteiger partial charge is 0.396 e. The second kappa shape index (κ2) is 4.11. The predicted molar refractivity (Wildman–Crippen MR) is 44.8 cm³/mol. The minimum atomic E-state index is 0.0774. The Hall–Kier alpha value is -0.860. The van der Waals surface area contributed by atoms with Gasteiger partial charge in [-0.25, -0.2) is 0 Å². The van der Waals surface area contributed by atoms with Crippen LogP contribution in [0.4, 0.5) is 0 Å². The summed E-state index contributed by atoms with van der Waals surface area (Å²) in [4.78, 5) is 0. The van der Waals surface area contributed by atoms with Gasteiger partial charge in [-0.2, -0.15) is 0 Å². The second-order valence-electron chi connectivity index (χ2n) is 2.34. The SMILES string of the molecule is NCc1cccc([CH]CO)c1. The fourth-order valence-electron chi connectivity index (χ4n) is 0.952. The van der Waals surface area contributed by atoms with Gasteiger partial charge in [0.15, 0.2) is 0 Å². The first-order chi connectivity index (χ1) is 5.36. The maximum absolute atomic E-state index is 8.60. The smallest absolute Gasteiger partial charge is 0.0506 e. The van der Waals surface area contributed by atoms with Crippen molar-refractivity contribution in [3.05, 3.63) is 41.8 Å². The molecule has 0 saturated heterocycles. The molecule has 1 aromatic carbocycles. The van der Waals surface area contributed by atoms with E-state index in [1.807, 2.05) is 24.3 Å². The lowest BCUT2D eigenvalue weighted by molar-refractivity contribution is 0.331. The third-order valence-corrected chi connectivity index (χ3v) is 1.51. The van der Waals surface area contributed by atoms with Crippen LogP contribution in [-0.2, 0) is 6.54 Å². The molecule has 3 N–H and O–H groups in total. The van der Waals surface area contributed by atoms with Gasteiger partial charge >= 0.3 is 0 Å². The summed E-state index contributed by atoms with van der Waals surface area (Å²) in [5.74, 6) is 0. The highest BCUT2D eigenvalue weighted by molar-refractivity contribution is 5.28. The molecule has 0 saturated carbocycles. The average molecular weight is 150 g/mol. The van der Waals surface area contributed by atoms with E-state index in [-0.39, 0.29) is 6.61 Å². The first-order valence-electron chi connectivity index (χ1n) is 3.60. The van der Waals surface area contributed by atoms with E-state index in [1.165, 1.54) is 0 Å². The van der Waals surface area contributed by atoms with Gasteiger partial charge in [-0.05, 0) is 11.1 Å². The lowest BCUT2D eigenvalue weighted by atomic mass is 10.1. The molecule has 2 heteroatoms. The number of aliphatic hydroxyl groups excluding tert-OH is 1. The Labute approximate surface area is 66.7 Å². The summed E-state index contributed by atoms with van der Waals surface area (Å²) in [7, 11) is 0. The fraction of sp³-hybridized carbons (Fsp3) is 0.222. The van der Waals surface area contributed by atoms with Crippen molar-refractivity contribution in [3.63, 3.8) is 0 Å². The summed E-state index contributed by atoms with van der Waals surface area (Å²) in [6.45, 7) is 0.626. The standard InChI is InChI=1S/C9H12NO/c10-7-9-3-1-2-8(6-9)4-5-11/h1-4,6,11H,5,7,10H2. The summed E-state index contributed by atoms with van der Waals surface area (Å²) in [6, 6.07) is 7.81. The van der Waals surface area contributed by atoms with E-state index in [1.54, 1.807) is 6.42 Å². The van der Waals surface area contributed by atoms with Gasteiger partial charge in [0.1, 0.15) is 0 Å². The second-order valence-corrected chi connectivity index (χ2v) is 2.34. The Morgan fingerprint density at radius 2 is 2.27 bits per heavy atom. The lowest BCUT2D eigenvalue weighted by Gasteiger charge is -1.99. The van der Waals surface area contributed by atoms with E-state index in [9.17, 15) is 0 Å². The first-order valence-corrected chi connectivity index (χ1v) is 3.60. The Kier molecular flexibility index (Phi) is 3.08. The maximum Gasteiger partial charge on any atom is 0.0506 e. The highest BCUT2D eigenvalue weighted by Gasteiger charge is 1.92. The van der Waals surface area contributed by atoms with Gasteiger partial charge in [0, 0.05) is 13.0 Å². The zero-order chi connectivity index (χ0) is 8.10. The fourth-order valence-corrected chi connectivity index (χ4v) is 0.952. The van der Waals surface area contributed by atoms with Crippen LogP contribution in [0.3, 0.4) is 0 Å². The van der Waals surface area contributed by atoms with E-state index in [2.05, 4.69) is 0 Å². The quantitative estimate of drug-likeness (QED) is 0.666. The monoisotopic (exact) mass is 150 g/mol. The Bertz CT molecular complexity index is 223. The molecule has 0 heterocycles. The lowest BCUT2D eigenvalue weighted by Crippen LogP contribution is -1.97. The maximum atomic E-state index is 8.60. The van der Waals surface area contributed by atoms with Crippen molar-refractivity contribution in [2.75, 3.05) is 6.61 Å². The predicted octanol–water partition coefficient (Wildman–Crippen LogP) is 0.690. The van der Waals surface area contributed by atoms with E-state index in [0.717, 1.165) is 11.1 Å². The van der Waals surface area contributed by atoms with Gasteiger partial charge in [-0.15, -0.1) is 0 Å². The van der Waals surface area contributed by atoms with Crippen LogP contribution in [0.2, 0.25) is 0 Å². The Balaban J connectivity index is 2.74. The van der Waals surface area contributed by atoms with Crippen molar-refractivity contribution in [1.82, 2.24) is 0 Å². The topological polar surface area (TPSA) is 46.2 Å². The van der Waals surface area contributed by atoms with Crippen molar-refractivity contribution < 1.29 is 5.11 Å². The summed E-state index contributed by atoms with van der Waals surface area (Å²) < 4.78 is 0. The zero-order valence-corrected chi connectivity index (χ0v) is 6.33. The number of aliphatic hydroxyl groups is 1. The van der Waals surface area contributed by atoms with Crippen LogP contribution in [0.15, 0.2) is 24.3 Å². The summed E-state index contributed by atoms with van der Waals surface area (Å²) >= 11 is 0. The molecule has 0 amide bonds. The van der Waals surface area contributed by atoms with E-state index >= 15 is 0 Å². The number of benzene rings is 1. The van der Waals surface area contributed by atoms with E-state index < -0.39 is 0 Å². The minimum Gasteiger partial charge on any atom is -0.396 e. The molecular weight excluding hydrogens is 138 g/mol. The molecule has 1 rings (SSSR count). The molecule has 0 aliphatic heterocycles.